The highest BCUT2D eigenvalue weighted by Gasteiger charge is 2.20. The molecule has 25 heavy (non-hydrogen) atoms. The average molecular weight is 328 g/mol. The van der Waals surface area contributed by atoms with E-state index in [2.05, 4.69) is 50.6 Å². The fourth-order valence-corrected chi connectivity index (χ4v) is 3.71. The Bertz CT molecular complexity index is 973. The van der Waals surface area contributed by atoms with Crippen molar-refractivity contribution in [2.75, 3.05) is 5.32 Å². The summed E-state index contributed by atoms with van der Waals surface area (Å²) in [5.74, 6) is 1.69. The maximum absolute atomic E-state index is 4.64. The molecule has 5 rings (SSSR count). The minimum absolute atomic E-state index is 0.703. The predicted molar refractivity (Wildman–Crippen MR) is 101 cm³/mol. The number of aliphatic imine (C=N–C) groups is 1. The molecule has 124 valence electrons. The third-order valence-corrected chi connectivity index (χ3v) is 5.34. The molecule has 1 aromatic carbocycles. The molecule has 2 aromatic heterocycles. The number of amidine groups is 1. The fourth-order valence-electron chi connectivity index (χ4n) is 3.71. The van der Waals surface area contributed by atoms with E-state index in [4.69, 9.17) is 0 Å². The highest BCUT2D eigenvalue weighted by Crippen LogP contribution is 2.32. The first-order valence-corrected chi connectivity index (χ1v) is 9.00. The number of anilines is 1. The Morgan fingerprint density at radius 1 is 1.04 bits per heavy atom. The number of pyridine rings is 2. The van der Waals surface area contributed by atoms with E-state index in [-0.39, 0.29) is 0 Å². The molecule has 0 bridgehead atoms. The third kappa shape index (κ3) is 2.68. The van der Waals surface area contributed by atoms with Gasteiger partial charge < -0.3 is 5.32 Å². The first-order chi connectivity index (χ1) is 12.4. The van der Waals surface area contributed by atoms with Crippen LogP contribution in [0.25, 0.3) is 10.8 Å². The average Bonchev–Trinajstić information content (AvgIpc) is 3.01. The third-order valence-electron chi connectivity index (χ3n) is 5.34. The Kier molecular flexibility index (Phi) is 3.47. The summed E-state index contributed by atoms with van der Waals surface area (Å²) < 4.78 is 0. The molecule has 3 heterocycles. The van der Waals surface area contributed by atoms with Crippen molar-refractivity contribution in [1.82, 2.24) is 9.97 Å². The van der Waals surface area contributed by atoms with Crippen molar-refractivity contribution < 1.29 is 0 Å². The smallest absolute Gasteiger partial charge is 0.152 e. The fraction of sp³-hybridized carbons (Fsp3) is 0.286. The quantitative estimate of drug-likeness (QED) is 0.778. The lowest BCUT2D eigenvalue weighted by Gasteiger charge is -2.25. The normalized spacial score (nSPS) is 16.4. The monoisotopic (exact) mass is 328 g/mol. The van der Waals surface area contributed by atoms with Crippen LogP contribution in [0, 0.1) is 5.92 Å². The number of benzene rings is 1. The molecule has 1 aliphatic carbocycles. The lowest BCUT2D eigenvalue weighted by molar-refractivity contribution is 0.313. The highest BCUT2D eigenvalue weighted by atomic mass is 15.0. The summed E-state index contributed by atoms with van der Waals surface area (Å²) in [5, 5.41) is 5.94. The van der Waals surface area contributed by atoms with Crippen LogP contribution in [-0.4, -0.2) is 15.8 Å². The van der Waals surface area contributed by atoms with Gasteiger partial charge in [0.2, 0.25) is 0 Å². The second-order valence-electron chi connectivity index (χ2n) is 7.00. The molecular formula is C21H20N4. The van der Waals surface area contributed by atoms with Crippen LogP contribution in [0.3, 0.4) is 0 Å². The van der Waals surface area contributed by atoms with E-state index in [9.17, 15) is 0 Å². The van der Waals surface area contributed by atoms with Gasteiger partial charge in [-0.05, 0) is 42.0 Å². The Balaban J connectivity index is 1.43. The van der Waals surface area contributed by atoms with Crippen LogP contribution in [0.15, 0.2) is 53.8 Å². The van der Waals surface area contributed by atoms with Gasteiger partial charge in [-0.1, -0.05) is 31.4 Å². The Morgan fingerprint density at radius 2 is 2.00 bits per heavy atom. The van der Waals surface area contributed by atoms with E-state index < -0.39 is 0 Å². The first kappa shape index (κ1) is 14.6. The van der Waals surface area contributed by atoms with Gasteiger partial charge in [-0.2, -0.15) is 0 Å². The van der Waals surface area contributed by atoms with E-state index in [1.165, 1.54) is 41.3 Å². The van der Waals surface area contributed by atoms with Gasteiger partial charge in [-0.15, -0.1) is 0 Å². The summed E-state index contributed by atoms with van der Waals surface area (Å²) in [6.45, 7) is 0.703. The number of rotatable bonds is 3. The van der Waals surface area contributed by atoms with Gasteiger partial charge in [0.15, 0.2) is 5.84 Å². The molecule has 1 fully saturated rings. The standard InChI is InChI=1S/C21H20N4/c1-3-14(4-1)11-19-18-7-6-17(12-15(18)8-10-22-19)25-21-20-16(13-24-21)5-2-9-23-20/h2,5-10,12,14H,1,3-4,11,13H2,(H,24,25). The molecule has 0 spiro atoms. The summed E-state index contributed by atoms with van der Waals surface area (Å²) >= 11 is 0. The van der Waals surface area contributed by atoms with Gasteiger partial charge >= 0.3 is 0 Å². The molecule has 1 saturated carbocycles. The van der Waals surface area contributed by atoms with Gasteiger partial charge in [0.25, 0.3) is 0 Å². The van der Waals surface area contributed by atoms with Gasteiger partial charge in [0, 0.05) is 34.7 Å². The number of aromatic nitrogens is 2. The van der Waals surface area contributed by atoms with E-state index in [0.29, 0.717) is 6.54 Å². The number of hydrogen-bond donors (Lipinski definition) is 1. The number of nitrogens with one attached hydrogen (secondary N) is 1. The molecule has 3 aromatic rings. The molecule has 0 unspecified atom stereocenters. The second-order valence-corrected chi connectivity index (χ2v) is 7.00. The zero-order valence-corrected chi connectivity index (χ0v) is 14.1. The summed E-state index contributed by atoms with van der Waals surface area (Å²) in [6, 6.07) is 12.6. The predicted octanol–water partition coefficient (Wildman–Crippen LogP) is 4.34. The zero-order valence-electron chi connectivity index (χ0n) is 14.1. The molecule has 0 amide bonds. The van der Waals surface area contributed by atoms with Crippen molar-refractivity contribution in [3.8, 4) is 0 Å². The molecule has 1 aliphatic heterocycles. The summed E-state index contributed by atoms with van der Waals surface area (Å²) in [4.78, 5) is 13.7. The Labute approximate surface area is 147 Å². The number of fused-ring (bicyclic) bond motifs is 2. The second kappa shape index (κ2) is 5.96. The minimum atomic E-state index is 0.703. The van der Waals surface area contributed by atoms with Crippen molar-refractivity contribution in [2.24, 2.45) is 10.9 Å². The summed E-state index contributed by atoms with van der Waals surface area (Å²) in [6.07, 6.45) is 8.94. The maximum Gasteiger partial charge on any atom is 0.152 e. The highest BCUT2D eigenvalue weighted by molar-refractivity contribution is 6.10. The molecule has 4 heteroatoms. The van der Waals surface area contributed by atoms with E-state index in [1.54, 1.807) is 0 Å². The van der Waals surface area contributed by atoms with Gasteiger partial charge in [-0.25, -0.2) is 0 Å². The van der Waals surface area contributed by atoms with Gasteiger partial charge in [0.1, 0.15) is 5.69 Å². The van der Waals surface area contributed by atoms with Crippen LogP contribution in [-0.2, 0) is 13.0 Å². The van der Waals surface area contributed by atoms with Crippen LogP contribution in [0.5, 0.6) is 0 Å². The number of hydrogen-bond acceptors (Lipinski definition) is 4. The lowest BCUT2D eigenvalue weighted by atomic mass is 9.81. The van der Waals surface area contributed by atoms with Gasteiger partial charge in [0.05, 0.1) is 6.54 Å². The van der Waals surface area contributed by atoms with Crippen LogP contribution >= 0.6 is 0 Å². The Morgan fingerprint density at radius 3 is 2.88 bits per heavy atom. The first-order valence-electron chi connectivity index (χ1n) is 9.00. The Hall–Kier alpha value is -2.75. The molecule has 0 radical (unpaired) electrons. The molecule has 1 N–H and O–H groups in total. The topological polar surface area (TPSA) is 50.2 Å². The van der Waals surface area contributed by atoms with E-state index in [1.807, 2.05) is 18.5 Å². The number of nitrogens with zero attached hydrogens (tertiary/aromatic N) is 3. The minimum Gasteiger partial charge on any atom is -0.339 e. The summed E-state index contributed by atoms with van der Waals surface area (Å²) in [5.41, 5.74) is 4.42. The lowest BCUT2D eigenvalue weighted by Crippen LogP contribution is -2.15. The van der Waals surface area contributed by atoms with Crippen molar-refractivity contribution in [2.45, 2.75) is 32.2 Å². The van der Waals surface area contributed by atoms with Crippen molar-refractivity contribution in [1.29, 1.82) is 0 Å². The van der Waals surface area contributed by atoms with Crippen LogP contribution < -0.4 is 5.32 Å². The van der Waals surface area contributed by atoms with Crippen molar-refractivity contribution >= 4 is 22.3 Å². The van der Waals surface area contributed by atoms with Crippen molar-refractivity contribution in [3.63, 3.8) is 0 Å². The van der Waals surface area contributed by atoms with E-state index >= 15 is 0 Å². The molecule has 0 saturated heterocycles. The summed E-state index contributed by atoms with van der Waals surface area (Å²) in [7, 11) is 0. The van der Waals surface area contributed by atoms with E-state index in [0.717, 1.165) is 29.6 Å². The van der Waals surface area contributed by atoms with Crippen molar-refractivity contribution in [3.05, 3.63) is 65.7 Å². The van der Waals surface area contributed by atoms with Crippen LogP contribution in [0.1, 0.15) is 36.2 Å². The molecular weight excluding hydrogens is 308 g/mol. The SMILES string of the molecule is c1cnc2c(c1)CN=C2Nc1ccc2c(CC3CCC3)nccc2c1. The van der Waals surface area contributed by atoms with Crippen LogP contribution in [0.2, 0.25) is 0 Å². The largest absolute Gasteiger partial charge is 0.339 e. The van der Waals surface area contributed by atoms with Gasteiger partial charge in [-0.3, -0.25) is 15.0 Å². The zero-order chi connectivity index (χ0) is 16.6. The molecule has 4 nitrogen and oxygen atoms in total. The molecule has 2 aliphatic rings. The maximum atomic E-state index is 4.64. The van der Waals surface area contributed by atoms with Crippen LogP contribution in [0.4, 0.5) is 5.69 Å². The molecule has 0 atom stereocenters.